The lowest BCUT2D eigenvalue weighted by molar-refractivity contribution is -0.383. The second-order valence-electron chi connectivity index (χ2n) is 4.55. The van der Waals surface area contributed by atoms with Gasteiger partial charge in [-0.1, -0.05) is 6.07 Å². The number of carbonyl (C=O) groups is 2. The molecule has 0 unspecified atom stereocenters. The molecule has 1 aromatic carbocycles. The third kappa shape index (κ3) is 2.68. The number of nitrogens with zero attached hydrogens (tertiary/aromatic N) is 2. The third-order valence-corrected chi connectivity index (χ3v) is 3.06. The molecule has 20 heavy (non-hydrogen) atoms. The van der Waals surface area contributed by atoms with E-state index in [-0.39, 0.29) is 23.0 Å². The summed E-state index contributed by atoms with van der Waals surface area (Å²) in [7, 11) is 0. The number of aliphatic carboxylic acids is 1. The lowest BCUT2D eigenvalue weighted by atomic mass is 10.1. The van der Waals surface area contributed by atoms with Gasteiger partial charge in [0, 0.05) is 12.1 Å². The van der Waals surface area contributed by atoms with Crippen molar-refractivity contribution in [2.24, 2.45) is 0 Å². The van der Waals surface area contributed by atoms with E-state index in [1.165, 1.54) is 23.1 Å². The van der Waals surface area contributed by atoms with Crippen molar-refractivity contribution in [2.75, 3.05) is 12.3 Å². The number of nitrogens with two attached hydrogens (primary N) is 1. The fourth-order valence-corrected chi connectivity index (χ4v) is 1.95. The smallest absolute Gasteiger partial charge is 0.323 e. The van der Waals surface area contributed by atoms with Gasteiger partial charge in [-0.3, -0.25) is 19.7 Å². The molecule has 1 amide bonds. The van der Waals surface area contributed by atoms with E-state index in [1.807, 2.05) is 0 Å². The second kappa shape index (κ2) is 5.16. The molecule has 1 aromatic rings. The highest BCUT2D eigenvalue weighted by Crippen LogP contribution is 2.31. The van der Waals surface area contributed by atoms with Crippen LogP contribution in [0.2, 0.25) is 0 Å². The lowest BCUT2D eigenvalue weighted by Crippen LogP contribution is -2.37. The summed E-state index contributed by atoms with van der Waals surface area (Å²) in [6, 6.07) is 3.79. The first-order valence-electron chi connectivity index (χ1n) is 5.97. The summed E-state index contributed by atoms with van der Waals surface area (Å²) in [5.41, 5.74) is 5.01. The van der Waals surface area contributed by atoms with E-state index < -0.39 is 23.3 Å². The molecule has 2 rings (SSSR count). The van der Waals surface area contributed by atoms with Crippen LogP contribution in [-0.2, 0) is 4.79 Å². The lowest BCUT2D eigenvalue weighted by Gasteiger charge is -2.20. The Labute approximate surface area is 113 Å². The van der Waals surface area contributed by atoms with Crippen molar-refractivity contribution in [2.45, 2.75) is 18.9 Å². The largest absolute Gasteiger partial charge is 0.480 e. The standard InChI is InChI=1S/C12H13N3O5/c13-11-8(2-1-3-9(11)15(19)20)12(18)14(6-10(16)17)7-4-5-7/h1-3,7H,4-6,13H2,(H,16,17). The monoisotopic (exact) mass is 279 g/mol. The highest BCUT2D eigenvalue weighted by molar-refractivity contribution is 6.02. The van der Waals surface area contributed by atoms with E-state index in [4.69, 9.17) is 10.8 Å². The van der Waals surface area contributed by atoms with Gasteiger partial charge in [-0.05, 0) is 18.9 Å². The number of hydrogen-bond donors (Lipinski definition) is 2. The molecule has 1 aliphatic rings. The number of para-hydroxylation sites is 1. The van der Waals surface area contributed by atoms with Crippen LogP contribution < -0.4 is 5.73 Å². The van der Waals surface area contributed by atoms with Crippen molar-refractivity contribution in [1.82, 2.24) is 4.90 Å². The van der Waals surface area contributed by atoms with Crippen molar-refractivity contribution in [3.8, 4) is 0 Å². The fourth-order valence-electron chi connectivity index (χ4n) is 1.95. The summed E-state index contributed by atoms with van der Waals surface area (Å²) >= 11 is 0. The highest BCUT2D eigenvalue weighted by Gasteiger charge is 2.35. The van der Waals surface area contributed by atoms with Gasteiger partial charge in [0.25, 0.3) is 11.6 Å². The molecule has 1 aliphatic carbocycles. The Hall–Kier alpha value is -2.64. The van der Waals surface area contributed by atoms with Crippen molar-refractivity contribution >= 4 is 23.3 Å². The third-order valence-electron chi connectivity index (χ3n) is 3.06. The minimum atomic E-state index is -1.13. The van der Waals surface area contributed by atoms with Gasteiger partial charge in [-0.2, -0.15) is 0 Å². The van der Waals surface area contributed by atoms with Crippen LogP contribution in [0.5, 0.6) is 0 Å². The Morgan fingerprint density at radius 1 is 1.45 bits per heavy atom. The minimum Gasteiger partial charge on any atom is -0.480 e. The van der Waals surface area contributed by atoms with Gasteiger partial charge in [0.1, 0.15) is 12.2 Å². The van der Waals surface area contributed by atoms with Gasteiger partial charge in [-0.15, -0.1) is 0 Å². The van der Waals surface area contributed by atoms with Crippen LogP contribution in [0.15, 0.2) is 18.2 Å². The van der Waals surface area contributed by atoms with Gasteiger partial charge in [-0.25, -0.2) is 0 Å². The maximum atomic E-state index is 12.3. The van der Waals surface area contributed by atoms with Crippen LogP contribution in [0, 0.1) is 10.1 Å². The second-order valence-corrected chi connectivity index (χ2v) is 4.55. The molecule has 8 heteroatoms. The van der Waals surface area contributed by atoms with E-state index in [0.29, 0.717) is 0 Å². The molecule has 8 nitrogen and oxygen atoms in total. The fraction of sp³-hybridized carbons (Fsp3) is 0.333. The predicted octanol–water partition coefficient (Wildman–Crippen LogP) is 0.866. The van der Waals surface area contributed by atoms with E-state index in [9.17, 15) is 19.7 Å². The van der Waals surface area contributed by atoms with Gasteiger partial charge in [0.05, 0.1) is 10.5 Å². The maximum absolute atomic E-state index is 12.3. The average molecular weight is 279 g/mol. The summed E-state index contributed by atoms with van der Waals surface area (Å²) in [4.78, 5) is 34.4. The van der Waals surface area contributed by atoms with Gasteiger partial charge >= 0.3 is 5.97 Å². The average Bonchev–Trinajstić information content (AvgIpc) is 3.19. The number of benzene rings is 1. The molecule has 1 saturated carbocycles. The SMILES string of the molecule is Nc1c(C(=O)N(CC(=O)O)C2CC2)cccc1[N+](=O)[O-]. The number of nitro groups is 1. The zero-order valence-electron chi connectivity index (χ0n) is 10.5. The van der Waals surface area contributed by atoms with Crippen molar-refractivity contribution in [1.29, 1.82) is 0 Å². The molecule has 0 heterocycles. The van der Waals surface area contributed by atoms with E-state index >= 15 is 0 Å². The number of carboxylic acid groups (broad SMARTS) is 1. The van der Waals surface area contributed by atoms with Crippen LogP contribution in [-0.4, -0.2) is 39.4 Å². The molecule has 0 aliphatic heterocycles. The molecular formula is C12H13N3O5. The first kappa shape index (κ1) is 13.8. The maximum Gasteiger partial charge on any atom is 0.323 e. The summed E-state index contributed by atoms with van der Waals surface area (Å²) in [5, 5.41) is 19.6. The molecule has 1 fully saturated rings. The van der Waals surface area contributed by atoms with Crippen molar-refractivity contribution in [3.63, 3.8) is 0 Å². The molecule has 0 radical (unpaired) electrons. The van der Waals surface area contributed by atoms with Crippen LogP contribution in [0.1, 0.15) is 23.2 Å². The Bertz CT molecular complexity index is 582. The molecule has 0 spiro atoms. The summed E-state index contributed by atoms with van der Waals surface area (Å²) in [6.07, 6.45) is 1.46. The zero-order chi connectivity index (χ0) is 14.9. The van der Waals surface area contributed by atoms with Crippen LogP contribution in [0.3, 0.4) is 0 Å². The number of carboxylic acids is 1. The Morgan fingerprint density at radius 2 is 2.10 bits per heavy atom. The van der Waals surface area contributed by atoms with Crippen LogP contribution >= 0.6 is 0 Å². The normalized spacial score (nSPS) is 13.8. The summed E-state index contributed by atoms with van der Waals surface area (Å²) < 4.78 is 0. The van der Waals surface area contributed by atoms with Gasteiger partial charge in [0.15, 0.2) is 0 Å². The first-order valence-corrected chi connectivity index (χ1v) is 5.97. The quantitative estimate of drug-likeness (QED) is 0.467. The molecule has 0 aromatic heterocycles. The van der Waals surface area contributed by atoms with Crippen LogP contribution in [0.4, 0.5) is 11.4 Å². The number of amides is 1. The van der Waals surface area contributed by atoms with Crippen molar-refractivity contribution < 1.29 is 19.6 Å². The number of carbonyl (C=O) groups excluding carboxylic acids is 1. The highest BCUT2D eigenvalue weighted by atomic mass is 16.6. The van der Waals surface area contributed by atoms with E-state index in [0.717, 1.165) is 12.8 Å². The minimum absolute atomic E-state index is 0.0349. The molecule has 0 saturated heterocycles. The number of nitro benzene ring substituents is 1. The number of rotatable bonds is 5. The topological polar surface area (TPSA) is 127 Å². The Kier molecular flexibility index (Phi) is 3.55. The number of hydrogen-bond acceptors (Lipinski definition) is 5. The summed E-state index contributed by atoms with van der Waals surface area (Å²) in [6.45, 7) is -0.439. The van der Waals surface area contributed by atoms with Crippen molar-refractivity contribution in [3.05, 3.63) is 33.9 Å². The zero-order valence-corrected chi connectivity index (χ0v) is 10.5. The first-order chi connectivity index (χ1) is 9.41. The number of nitrogen functional groups attached to an aromatic ring is 1. The summed E-state index contributed by atoms with van der Waals surface area (Å²) in [5.74, 6) is -1.72. The van der Waals surface area contributed by atoms with E-state index in [2.05, 4.69) is 0 Å². The molecule has 0 bridgehead atoms. The molecule has 106 valence electrons. The molecular weight excluding hydrogens is 266 g/mol. The molecule has 0 atom stereocenters. The van der Waals surface area contributed by atoms with Gasteiger partial charge in [0.2, 0.25) is 0 Å². The molecule has 3 N–H and O–H groups in total. The van der Waals surface area contributed by atoms with Crippen LogP contribution in [0.25, 0.3) is 0 Å². The number of anilines is 1. The van der Waals surface area contributed by atoms with E-state index in [1.54, 1.807) is 0 Å². The predicted molar refractivity (Wildman–Crippen MR) is 69.2 cm³/mol. The van der Waals surface area contributed by atoms with Gasteiger partial charge < -0.3 is 15.7 Å². The Balaban J connectivity index is 2.34. The Morgan fingerprint density at radius 3 is 2.60 bits per heavy atom.